The van der Waals surface area contributed by atoms with Crippen molar-refractivity contribution in [1.82, 2.24) is 15.1 Å². The number of piperidine rings is 1. The second-order valence-corrected chi connectivity index (χ2v) is 5.76. The molecule has 0 bridgehead atoms. The standard InChI is InChI=1S/C11H20N4S/c1-8-4-5-15(9(2)6-8)7-10-13-14-11(12-3)16-10/h8-9H,4-7H2,1-3H3,(H,12,14). The summed E-state index contributed by atoms with van der Waals surface area (Å²) < 4.78 is 0. The molecule has 1 aromatic rings. The third-order valence-electron chi connectivity index (χ3n) is 3.30. The Bertz CT molecular complexity index is 338. The molecule has 0 radical (unpaired) electrons. The zero-order valence-electron chi connectivity index (χ0n) is 10.2. The lowest BCUT2D eigenvalue weighted by Gasteiger charge is -2.35. The van der Waals surface area contributed by atoms with Gasteiger partial charge in [0.1, 0.15) is 5.01 Å². The van der Waals surface area contributed by atoms with Crippen LogP contribution < -0.4 is 5.32 Å². The van der Waals surface area contributed by atoms with E-state index >= 15 is 0 Å². The second kappa shape index (κ2) is 5.10. The molecule has 1 fully saturated rings. The van der Waals surface area contributed by atoms with Crippen LogP contribution in [-0.4, -0.2) is 34.7 Å². The van der Waals surface area contributed by atoms with E-state index in [1.54, 1.807) is 11.3 Å². The first-order valence-corrected chi connectivity index (χ1v) is 6.75. The van der Waals surface area contributed by atoms with Crippen LogP contribution in [-0.2, 0) is 6.54 Å². The maximum absolute atomic E-state index is 4.20. The van der Waals surface area contributed by atoms with Crippen LogP contribution in [0.1, 0.15) is 31.7 Å². The van der Waals surface area contributed by atoms with Crippen molar-refractivity contribution >= 4 is 16.5 Å². The first-order chi connectivity index (χ1) is 7.69. The fraction of sp³-hybridized carbons (Fsp3) is 0.818. The maximum Gasteiger partial charge on any atom is 0.205 e. The molecule has 1 N–H and O–H groups in total. The Morgan fingerprint density at radius 1 is 1.44 bits per heavy atom. The lowest BCUT2D eigenvalue weighted by atomic mass is 9.93. The van der Waals surface area contributed by atoms with Gasteiger partial charge in [0.15, 0.2) is 0 Å². The average molecular weight is 240 g/mol. The van der Waals surface area contributed by atoms with Gasteiger partial charge < -0.3 is 5.32 Å². The van der Waals surface area contributed by atoms with Gasteiger partial charge in [0.05, 0.1) is 6.54 Å². The van der Waals surface area contributed by atoms with Crippen molar-refractivity contribution in [3.8, 4) is 0 Å². The van der Waals surface area contributed by atoms with E-state index in [2.05, 4.69) is 34.3 Å². The van der Waals surface area contributed by atoms with E-state index in [1.807, 2.05) is 7.05 Å². The van der Waals surface area contributed by atoms with Gasteiger partial charge >= 0.3 is 0 Å². The fourth-order valence-corrected chi connectivity index (χ4v) is 3.00. The molecule has 1 saturated heterocycles. The first kappa shape index (κ1) is 11.8. The van der Waals surface area contributed by atoms with E-state index in [1.165, 1.54) is 19.4 Å². The van der Waals surface area contributed by atoms with Gasteiger partial charge in [0.2, 0.25) is 5.13 Å². The zero-order chi connectivity index (χ0) is 11.5. The molecule has 2 rings (SSSR count). The topological polar surface area (TPSA) is 41.1 Å². The highest BCUT2D eigenvalue weighted by atomic mass is 32.1. The van der Waals surface area contributed by atoms with Crippen LogP contribution in [0.2, 0.25) is 0 Å². The molecule has 0 saturated carbocycles. The van der Waals surface area contributed by atoms with Gasteiger partial charge in [0, 0.05) is 13.1 Å². The van der Waals surface area contributed by atoms with Crippen LogP contribution in [0.25, 0.3) is 0 Å². The van der Waals surface area contributed by atoms with Crippen molar-refractivity contribution in [2.24, 2.45) is 5.92 Å². The minimum absolute atomic E-state index is 0.672. The van der Waals surface area contributed by atoms with Gasteiger partial charge in [-0.05, 0) is 32.2 Å². The number of aromatic nitrogens is 2. The zero-order valence-corrected chi connectivity index (χ0v) is 11.0. The van der Waals surface area contributed by atoms with E-state index in [0.717, 1.165) is 22.6 Å². The summed E-state index contributed by atoms with van der Waals surface area (Å²) >= 11 is 1.65. The summed E-state index contributed by atoms with van der Waals surface area (Å²) in [6.45, 7) is 6.80. The summed E-state index contributed by atoms with van der Waals surface area (Å²) in [5.41, 5.74) is 0. The Morgan fingerprint density at radius 2 is 2.25 bits per heavy atom. The third-order valence-corrected chi connectivity index (χ3v) is 4.22. The predicted octanol–water partition coefficient (Wildman–Crippen LogP) is 2.20. The van der Waals surface area contributed by atoms with Crippen LogP contribution in [0, 0.1) is 5.92 Å². The molecule has 0 aromatic carbocycles. The van der Waals surface area contributed by atoms with Gasteiger partial charge in [-0.2, -0.15) is 0 Å². The lowest BCUT2D eigenvalue weighted by Crippen LogP contribution is -2.39. The number of likely N-dealkylation sites (tertiary alicyclic amines) is 1. The van der Waals surface area contributed by atoms with Crippen LogP contribution in [0.15, 0.2) is 0 Å². The van der Waals surface area contributed by atoms with Gasteiger partial charge in [-0.3, -0.25) is 4.90 Å². The lowest BCUT2D eigenvalue weighted by molar-refractivity contribution is 0.122. The molecule has 5 heteroatoms. The number of nitrogens with one attached hydrogen (secondary N) is 1. The molecule has 1 aromatic heterocycles. The van der Waals surface area contributed by atoms with Gasteiger partial charge in [-0.1, -0.05) is 18.3 Å². The monoisotopic (exact) mass is 240 g/mol. The number of hydrogen-bond donors (Lipinski definition) is 1. The molecule has 90 valence electrons. The summed E-state index contributed by atoms with van der Waals surface area (Å²) in [7, 11) is 1.88. The van der Waals surface area contributed by atoms with Gasteiger partial charge in [-0.25, -0.2) is 0 Å². The summed E-state index contributed by atoms with van der Waals surface area (Å²) in [6, 6.07) is 0.672. The number of hydrogen-bond acceptors (Lipinski definition) is 5. The Morgan fingerprint density at radius 3 is 2.88 bits per heavy atom. The molecule has 2 heterocycles. The highest BCUT2D eigenvalue weighted by Gasteiger charge is 2.23. The summed E-state index contributed by atoms with van der Waals surface area (Å²) in [5, 5.41) is 13.3. The number of rotatable bonds is 3. The minimum atomic E-state index is 0.672. The summed E-state index contributed by atoms with van der Waals surface area (Å²) in [4.78, 5) is 2.51. The van der Waals surface area contributed by atoms with Crippen molar-refractivity contribution < 1.29 is 0 Å². The van der Waals surface area contributed by atoms with E-state index in [9.17, 15) is 0 Å². The molecule has 16 heavy (non-hydrogen) atoms. The predicted molar refractivity (Wildman–Crippen MR) is 67.7 cm³/mol. The Kier molecular flexibility index (Phi) is 3.76. The van der Waals surface area contributed by atoms with E-state index in [0.29, 0.717) is 6.04 Å². The largest absolute Gasteiger partial charge is 0.363 e. The molecule has 4 nitrogen and oxygen atoms in total. The Hall–Kier alpha value is -0.680. The SMILES string of the molecule is CNc1nnc(CN2CCC(C)CC2C)s1. The average Bonchev–Trinajstić information content (AvgIpc) is 2.70. The highest BCUT2D eigenvalue weighted by molar-refractivity contribution is 7.15. The van der Waals surface area contributed by atoms with E-state index < -0.39 is 0 Å². The summed E-state index contributed by atoms with van der Waals surface area (Å²) in [5.74, 6) is 0.869. The second-order valence-electron chi connectivity index (χ2n) is 4.70. The Balaban J connectivity index is 1.93. The normalized spacial score (nSPS) is 26.9. The number of anilines is 1. The van der Waals surface area contributed by atoms with Crippen molar-refractivity contribution in [3.05, 3.63) is 5.01 Å². The molecule has 2 unspecified atom stereocenters. The smallest absolute Gasteiger partial charge is 0.205 e. The van der Waals surface area contributed by atoms with E-state index in [-0.39, 0.29) is 0 Å². The molecule has 1 aliphatic heterocycles. The summed E-state index contributed by atoms with van der Waals surface area (Å²) in [6.07, 6.45) is 2.61. The van der Waals surface area contributed by atoms with E-state index in [4.69, 9.17) is 0 Å². The quantitative estimate of drug-likeness (QED) is 0.879. The highest BCUT2D eigenvalue weighted by Crippen LogP contribution is 2.25. The molecule has 2 atom stereocenters. The van der Waals surface area contributed by atoms with Crippen LogP contribution in [0.4, 0.5) is 5.13 Å². The van der Waals surface area contributed by atoms with Crippen LogP contribution in [0.3, 0.4) is 0 Å². The van der Waals surface area contributed by atoms with Gasteiger partial charge in [-0.15, -0.1) is 10.2 Å². The molecular formula is C11H20N4S. The van der Waals surface area contributed by atoms with Crippen molar-refractivity contribution in [2.75, 3.05) is 18.9 Å². The fourth-order valence-electron chi connectivity index (χ4n) is 2.28. The van der Waals surface area contributed by atoms with Gasteiger partial charge in [0.25, 0.3) is 0 Å². The van der Waals surface area contributed by atoms with Crippen LogP contribution in [0.5, 0.6) is 0 Å². The molecule has 1 aliphatic rings. The molecule has 0 amide bonds. The maximum atomic E-state index is 4.20. The van der Waals surface area contributed by atoms with Crippen molar-refractivity contribution in [1.29, 1.82) is 0 Å². The molecular weight excluding hydrogens is 220 g/mol. The van der Waals surface area contributed by atoms with Crippen molar-refractivity contribution in [2.45, 2.75) is 39.3 Å². The van der Waals surface area contributed by atoms with Crippen molar-refractivity contribution in [3.63, 3.8) is 0 Å². The molecule has 0 spiro atoms. The number of nitrogens with zero attached hydrogens (tertiary/aromatic N) is 3. The first-order valence-electron chi connectivity index (χ1n) is 5.93. The molecule has 0 aliphatic carbocycles. The Labute approximate surface area is 101 Å². The van der Waals surface area contributed by atoms with Crippen LogP contribution >= 0.6 is 11.3 Å². The minimum Gasteiger partial charge on any atom is -0.363 e. The third kappa shape index (κ3) is 2.71.